The predicted molar refractivity (Wildman–Crippen MR) is 82.0 cm³/mol. The molecule has 2 aromatic rings. The van der Waals surface area contributed by atoms with Gasteiger partial charge in [0.25, 0.3) is 0 Å². The van der Waals surface area contributed by atoms with Crippen LogP contribution >= 0.6 is 27.3 Å². The van der Waals surface area contributed by atoms with E-state index in [0.29, 0.717) is 10.3 Å². The van der Waals surface area contributed by atoms with Crippen LogP contribution in [0, 0.1) is 0 Å². The molecule has 0 radical (unpaired) electrons. The standard InChI is InChI=1S/C11H15BrN4O2S2/c1-2-13-7-9-3-10(11(12)19-9)20(17,18)16-6-8-4-14-15-5-8/h3-5,13,16H,2,6-7H2,1H3,(H,14,15). The molecule has 0 aromatic carbocycles. The van der Waals surface area contributed by atoms with E-state index in [1.165, 1.54) is 11.3 Å². The molecule has 0 saturated carbocycles. The zero-order valence-corrected chi connectivity index (χ0v) is 14.0. The fourth-order valence-electron chi connectivity index (χ4n) is 1.55. The van der Waals surface area contributed by atoms with E-state index in [1.54, 1.807) is 18.5 Å². The normalized spacial score (nSPS) is 11.9. The number of rotatable bonds is 7. The molecule has 9 heteroatoms. The molecular weight excluding hydrogens is 364 g/mol. The number of H-pyrrole nitrogens is 1. The van der Waals surface area contributed by atoms with E-state index in [9.17, 15) is 8.42 Å². The lowest BCUT2D eigenvalue weighted by atomic mass is 10.4. The summed E-state index contributed by atoms with van der Waals surface area (Å²) in [6.07, 6.45) is 3.24. The highest BCUT2D eigenvalue weighted by atomic mass is 79.9. The average Bonchev–Trinajstić information content (AvgIpc) is 3.03. The Morgan fingerprint density at radius 3 is 2.90 bits per heavy atom. The predicted octanol–water partition coefficient (Wildman–Crippen LogP) is 1.82. The second-order valence-corrected chi connectivity index (χ2v) is 8.25. The fraction of sp³-hybridized carbons (Fsp3) is 0.364. The summed E-state index contributed by atoms with van der Waals surface area (Å²) < 4.78 is 27.7. The fourth-order valence-corrected chi connectivity index (χ4v) is 5.21. The summed E-state index contributed by atoms with van der Waals surface area (Å²) in [7, 11) is -3.53. The van der Waals surface area contributed by atoms with E-state index in [1.807, 2.05) is 6.92 Å². The van der Waals surface area contributed by atoms with E-state index in [0.717, 1.165) is 17.0 Å². The first-order valence-electron chi connectivity index (χ1n) is 5.99. The van der Waals surface area contributed by atoms with Gasteiger partial charge in [0.15, 0.2) is 0 Å². The molecule has 2 rings (SSSR count). The molecule has 2 aromatic heterocycles. The molecule has 110 valence electrons. The summed E-state index contributed by atoms with van der Waals surface area (Å²) >= 11 is 4.74. The van der Waals surface area contributed by atoms with Crippen LogP contribution in [-0.4, -0.2) is 25.2 Å². The minimum absolute atomic E-state index is 0.212. The van der Waals surface area contributed by atoms with Gasteiger partial charge >= 0.3 is 0 Å². The van der Waals surface area contributed by atoms with Gasteiger partial charge in [0.2, 0.25) is 10.0 Å². The minimum Gasteiger partial charge on any atom is -0.312 e. The van der Waals surface area contributed by atoms with Gasteiger partial charge in [-0.1, -0.05) is 6.92 Å². The van der Waals surface area contributed by atoms with Crippen LogP contribution in [0.25, 0.3) is 0 Å². The van der Waals surface area contributed by atoms with Gasteiger partial charge in [0.05, 0.1) is 9.98 Å². The van der Waals surface area contributed by atoms with Crippen molar-refractivity contribution in [2.45, 2.75) is 24.9 Å². The number of sulfonamides is 1. The highest BCUT2D eigenvalue weighted by Crippen LogP contribution is 2.31. The van der Waals surface area contributed by atoms with Crippen LogP contribution in [0.1, 0.15) is 17.4 Å². The van der Waals surface area contributed by atoms with Crippen molar-refractivity contribution in [1.82, 2.24) is 20.2 Å². The number of halogens is 1. The lowest BCUT2D eigenvalue weighted by Crippen LogP contribution is -2.23. The number of nitrogens with zero attached hydrogens (tertiary/aromatic N) is 1. The topological polar surface area (TPSA) is 86.9 Å². The monoisotopic (exact) mass is 378 g/mol. The number of nitrogens with one attached hydrogen (secondary N) is 3. The van der Waals surface area contributed by atoms with Crippen molar-refractivity contribution in [3.05, 3.63) is 32.7 Å². The van der Waals surface area contributed by atoms with Gasteiger partial charge in [-0.3, -0.25) is 5.10 Å². The summed E-state index contributed by atoms with van der Waals surface area (Å²) in [6, 6.07) is 1.69. The molecule has 0 unspecified atom stereocenters. The molecule has 6 nitrogen and oxygen atoms in total. The number of aromatic amines is 1. The van der Waals surface area contributed by atoms with Gasteiger partial charge in [-0.2, -0.15) is 5.10 Å². The largest absolute Gasteiger partial charge is 0.312 e. The summed E-state index contributed by atoms with van der Waals surface area (Å²) in [4.78, 5) is 1.25. The highest BCUT2D eigenvalue weighted by molar-refractivity contribution is 9.11. The first-order chi connectivity index (χ1) is 9.53. The van der Waals surface area contributed by atoms with Crippen LogP contribution in [0.15, 0.2) is 27.1 Å². The summed E-state index contributed by atoms with van der Waals surface area (Å²) in [5.74, 6) is 0. The lowest BCUT2D eigenvalue weighted by molar-refractivity contribution is 0.581. The molecule has 0 aliphatic heterocycles. The Labute approximate surface area is 130 Å². The second-order valence-electron chi connectivity index (χ2n) is 4.06. The number of hydrogen-bond donors (Lipinski definition) is 3. The zero-order valence-electron chi connectivity index (χ0n) is 10.8. The summed E-state index contributed by atoms with van der Waals surface area (Å²) in [5, 5.41) is 9.59. The molecule has 2 heterocycles. The third-order valence-electron chi connectivity index (χ3n) is 2.57. The van der Waals surface area contributed by atoms with Crippen LogP contribution in [0.3, 0.4) is 0 Å². The smallest absolute Gasteiger partial charge is 0.242 e. The minimum atomic E-state index is -3.53. The third kappa shape index (κ3) is 3.89. The van der Waals surface area contributed by atoms with Gasteiger partial charge in [-0.15, -0.1) is 11.3 Å². The Bertz CT molecular complexity index is 652. The van der Waals surface area contributed by atoms with Crippen molar-refractivity contribution < 1.29 is 8.42 Å². The van der Waals surface area contributed by atoms with Crippen LogP contribution in [0.4, 0.5) is 0 Å². The van der Waals surface area contributed by atoms with Crippen molar-refractivity contribution >= 4 is 37.3 Å². The van der Waals surface area contributed by atoms with Gasteiger partial charge in [0, 0.05) is 29.7 Å². The van der Waals surface area contributed by atoms with Crippen molar-refractivity contribution in [3.8, 4) is 0 Å². The first-order valence-corrected chi connectivity index (χ1v) is 9.08. The van der Waals surface area contributed by atoms with E-state index >= 15 is 0 Å². The average molecular weight is 379 g/mol. The molecule has 0 aliphatic rings. The van der Waals surface area contributed by atoms with Gasteiger partial charge in [-0.25, -0.2) is 13.1 Å². The summed E-state index contributed by atoms with van der Waals surface area (Å²) in [5.41, 5.74) is 0.785. The Balaban J connectivity index is 2.10. The van der Waals surface area contributed by atoms with Gasteiger partial charge < -0.3 is 5.32 Å². The maximum absolute atomic E-state index is 12.2. The number of hydrogen-bond acceptors (Lipinski definition) is 5. The van der Waals surface area contributed by atoms with E-state index < -0.39 is 10.0 Å². The molecule has 0 fully saturated rings. The summed E-state index contributed by atoms with van der Waals surface area (Å²) in [6.45, 7) is 3.73. The van der Waals surface area contributed by atoms with E-state index in [-0.39, 0.29) is 11.4 Å². The van der Waals surface area contributed by atoms with Crippen molar-refractivity contribution in [3.63, 3.8) is 0 Å². The van der Waals surface area contributed by atoms with Gasteiger partial charge in [0.1, 0.15) is 4.90 Å². The van der Waals surface area contributed by atoms with E-state index in [2.05, 4.69) is 36.2 Å². The highest BCUT2D eigenvalue weighted by Gasteiger charge is 2.20. The molecular formula is C11H15BrN4O2S2. The molecule has 0 atom stereocenters. The molecule has 0 saturated heterocycles. The molecule has 3 N–H and O–H groups in total. The van der Waals surface area contributed by atoms with Crippen molar-refractivity contribution in [2.75, 3.05) is 6.54 Å². The maximum Gasteiger partial charge on any atom is 0.242 e. The Morgan fingerprint density at radius 1 is 1.45 bits per heavy atom. The number of thiophene rings is 1. The van der Waals surface area contributed by atoms with Crippen LogP contribution in [0.2, 0.25) is 0 Å². The Morgan fingerprint density at radius 2 is 2.25 bits per heavy atom. The Hall–Kier alpha value is -0.740. The van der Waals surface area contributed by atoms with Crippen molar-refractivity contribution in [2.24, 2.45) is 0 Å². The third-order valence-corrected chi connectivity index (χ3v) is 6.22. The lowest BCUT2D eigenvalue weighted by Gasteiger charge is -2.03. The molecule has 0 spiro atoms. The quantitative estimate of drug-likeness (QED) is 0.685. The van der Waals surface area contributed by atoms with E-state index in [4.69, 9.17) is 0 Å². The molecule has 0 bridgehead atoms. The number of aromatic nitrogens is 2. The van der Waals surface area contributed by atoms with Crippen LogP contribution < -0.4 is 10.0 Å². The van der Waals surface area contributed by atoms with Crippen molar-refractivity contribution in [1.29, 1.82) is 0 Å². The maximum atomic E-state index is 12.2. The zero-order chi connectivity index (χ0) is 14.6. The van der Waals surface area contributed by atoms with Crippen LogP contribution in [0.5, 0.6) is 0 Å². The van der Waals surface area contributed by atoms with Gasteiger partial charge in [-0.05, 0) is 28.5 Å². The SMILES string of the molecule is CCNCc1cc(S(=O)(=O)NCc2cn[nH]c2)c(Br)s1. The second kappa shape index (κ2) is 6.81. The van der Waals surface area contributed by atoms with Crippen LogP contribution in [-0.2, 0) is 23.1 Å². The molecule has 0 aliphatic carbocycles. The molecule has 0 amide bonds. The molecule has 20 heavy (non-hydrogen) atoms. The Kier molecular flexibility index (Phi) is 5.33. The first kappa shape index (κ1) is 15.6.